The number of hydrogen-bond acceptors (Lipinski definition) is 2. The molecule has 0 aromatic carbocycles. The summed E-state index contributed by atoms with van der Waals surface area (Å²) in [6.45, 7) is 2.05. The van der Waals surface area contributed by atoms with E-state index in [1.165, 1.54) is 0 Å². The van der Waals surface area contributed by atoms with E-state index in [0.29, 0.717) is 5.92 Å². The normalized spacial score (nSPS) is 43.7. The van der Waals surface area contributed by atoms with Crippen LogP contribution in [-0.4, -0.2) is 22.4 Å². The second kappa shape index (κ2) is 2.67. The van der Waals surface area contributed by atoms with Gasteiger partial charge in [0.05, 0.1) is 12.2 Å². The van der Waals surface area contributed by atoms with Gasteiger partial charge in [-0.2, -0.15) is 0 Å². The number of aliphatic hydroxyl groups is 2. The highest BCUT2D eigenvalue weighted by Gasteiger charge is 2.31. The summed E-state index contributed by atoms with van der Waals surface area (Å²) in [4.78, 5) is 0. The van der Waals surface area contributed by atoms with Gasteiger partial charge >= 0.3 is 0 Å². The van der Waals surface area contributed by atoms with Crippen molar-refractivity contribution in [2.24, 2.45) is 5.92 Å². The summed E-state index contributed by atoms with van der Waals surface area (Å²) in [6.07, 6.45) is 1.85. The monoisotopic (exact) mass is 130 g/mol. The van der Waals surface area contributed by atoms with Gasteiger partial charge in [-0.1, -0.05) is 13.3 Å². The van der Waals surface area contributed by atoms with Crippen LogP contribution in [0.15, 0.2) is 0 Å². The first-order valence-corrected chi connectivity index (χ1v) is 3.61. The lowest BCUT2D eigenvalue weighted by Gasteiger charge is -2.13. The Morgan fingerprint density at radius 1 is 1.33 bits per heavy atom. The molecule has 1 fully saturated rings. The summed E-state index contributed by atoms with van der Waals surface area (Å²) >= 11 is 0. The molecule has 3 atom stereocenters. The molecule has 0 spiro atoms. The fraction of sp³-hybridized carbons (Fsp3) is 1.00. The molecule has 3 unspecified atom stereocenters. The lowest BCUT2D eigenvalue weighted by Crippen LogP contribution is -2.24. The lowest BCUT2D eigenvalue weighted by atomic mass is 10.0. The lowest BCUT2D eigenvalue weighted by molar-refractivity contribution is 0.0199. The predicted octanol–water partition coefficient (Wildman–Crippen LogP) is 0.528. The van der Waals surface area contributed by atoms with Crippen LogP contribution in [-0.2, 0) is 0 Å². The molecule has 1 aliphatic rings. The van der Waals surface area contributed by atoms with Crippen molar-refractivity contribution >= 4 is 0 Å². The average Bonchev–Trinajstić information content (AvgIpc) is 2.15. The highest BCUT2D eigenvalue weighted by molar-refractivity contribution is 4.82. The molecule has 0 bridgehead atoms. The first kappa shape index (κ1) is 7.03. The van der Waals surface area contributed by atoms with E-state index in [-0.39, 0.29) is 0 Å². The molecular formula is C7H14O2. The van der Waals surface area contributed by atoms with E-state index in [1.54, 1.807) is 0 Å². The number of hydrogen-bond donors (Lipinski definition) is 2. The maximum atomic E-state index is 9.21. The van der Waals surface area contributed by atoms with Gasteiger partial charge in [0.25, 0.3) is 0 Å². The zero-order chi connectivity index (χ0) is 6.85. The van der Waals surface area contributed by atoms with Crippen LogP contribution in [0.5, 0.6) is 0 Å². The molecule has 2 nitrogen and oxygen atoms in total. The van der Waals surface area contributed by atoms with Gasteiger partial charge in [-0.05, 0) is 18.8 Å². The molecule has 0 aromatic rings. The third-order valence-electron chi connectivity index (χ3n) is 2.23. The summed E-state index contributed by atoms with van der Waals surface area (Å²) in [7, 11) is 0. The summed E-state index contributed by atoms with van der Waals surface area (Å²) < 4.78 is 0. The van der Waals surface area contributed by atoms with Crippen LogP contribution < -0.4 is 0 Å². The van der Waals surface area contributed by atoms with Crippen molar-refractivity contribution in [1.82, 2.24) is 0 Å². The molecule has 0 amide bonds. The smallest absolute Gasteiger partial charge is 0.0827 e. The molecule has 0 heterocycles. The van der Waals surface area contributed by atoms with Crippen molar-refractivity contribution in [2.45, 2.75) is 38.4 Å². The van der Waals surface area contributed by atoms with Gasteiger partial charge in [0.15, 0.2) is 0 Å². The number of rotatable bonds is 1. The fourth-order valence-corrected chi connectivity index (χ4v) is 1.49. The Labute approximate surface area is 55.5 Å². The third kappa shape index (κ3) is 1.25. The van der Waals surface area contributed by atoms with Crippen LogP contribution in [0.2, 0.25) is 0 Å². The SMILES string of the molecule is CCC1CCC(O)C1O. The first-order chi connectivity index (χ1) is 4.25. The van der Waals surface area contributed by atoms with Gasteiger partial charge in [0.2, 0.25) is 0 Å². The van der Waals surface area contributed by atoms with Crippen molar-refractivity contribution in [1.29, 1.82) is 0 Å². The van der Waals surface area contributed by atoms with E-state index in [2.05, 4.69) is 0 Å². The standard InChI is InChI=1S/C7H14O2/c1-2-5-3-4-6(8)7(5)9/h5-9H,2-4H2,1H3. The molecule has 0 aromatic heterocycles. The zero-order valence-corrected chi connectivity index (χ0v) is 5.75. The van der Waals surface area contributed by atoms with Crippen molar-refractivity contribution in [3.63, 3.8) is 0 Å². The van der Waals surface area contributed by atoms with Crippen LogP contribution in [0.1, 0.15) is 26.2 Å². The Bertz CT molecular complexity index is 92.9. The van der Waals surface area contributed by atoms with Crippen molar-refractivity contribution < 1.29 is 10.2 Å². The van der Waals surface area contributed by atoms with Crippen LogP contribution in [0.3, 0.4) is 0 Å². The highest BCUT2D eigenvalue weighted by Crippen LogP contribution is 2.27. The van der Waals surface area contributed by atoms with Gasteiger partial charge in [-0.15, -0.1) is 0 Å². The Kier molecular flexibility index (Phi) is 2.09. The minimum absolute atomic E-state index is 0.347. The molecule has 54 valence electrons. The molecule has 0 saturated heterocycles. The second-order valence-corrected chi connectivity index (χ2v) is 2.80. The molecule has 1 rings (SSSR count). The van der Waals surface area contributed by atoms with Crippen molar-refractivity contribution in [3.05, 3.63) is 0 Å². The largest absolute Gasteiger partial charge is 0.390 e. The Hall–Kier alpha value is -0.0800. The van der Waals surface area contributed by atoms with Gasteiger partial charge < -0.3 is 10.2 Å². The fourth-order valence-electron chi connectivity index (χ4n) is 1.49. The summed E-state index contributed by atoms with van der Waals surface area (Å²) in [5.41, 5.74) is 0. The Morgan fingerprint density at radius 2 is 2.00 bits per heavy atom. The highest BCUT2D eigenvalue weighted by atomic mass is 16.3. The molecule has 2 N–H and O–H groups in total. The van der Waals surface area contributed by atoms with Gasteiger partial charge in [-0.3, -0.25) is 0 Å². The first-order valence-electron chi connectivity index (χ1n) is 3.61. The Morgan fingerprint density at radius 3 is 2.22 bits per heavy atom. The van der Waals surface area contributed by atoms with Crippen LogP contribution in [0.4, 0.5) is 0 Å². The van der Waals surface area contributed by atoms with Gasteiger partial charge in [-0.25, -0.2) is 0 Å². The maximum absolute atomic E-state index is 9.21. The molecule has 0 aliphatic heterocycles. The molecule has 2 heteroatoms. The molecular weight excluding hydrogens is 116 g/mol. The average molecular weight is 130 g/mol. The van der Waals surface area contributed by atoms with E-state index < -0.39 is 12.2 Å². The van der Waals surface area contributed by atoms with Crippen LogP contribution in [0.25, 0.3) is 0 Å². The molecule has 0 radical (unpaired) electrons. The summed E-state index contributed by atoms with van der Waals surface area (Å²) in [5, 5.41) is 18.3. The van der Waals surface area contributed by atoms with Gasteiger partial charge in [0.1, 0.15) is 0 Å². The third-order valence-corrected chi connectivity index (χ3v) is 2.23. The van der Waals surface area contributed by atoms with Crippen LogP contribution in [0, 0.1) is 5.92 Å². The quantitative estimate of drug-likeness (QED) is 0.543. The van der Waals surface area contributed by atoms with E-state index in [1.807, 2.05) is 6.92 Å². The zero-order valence-electron chi connectivity index (χ0n) is 5.75. The molecule has 1 saturated carbocycles. The molecule has 9 heavy (non-hydrogen) atoms. The number of aliphatic hydroxyl groups excluding tert-OH is 2. The minimum Gasteiger partial charge on any atom is -0.390 e. The van der Waals surface area contributed by atoms with Crippen LogP contribution >= 0.6 is 0 Å². The van der Waals surface area contributed by atoms with E-state index >= 15 is 0 Å². The minimum atomic E-state index is -0.449. The van der Waals surface area contributed by atoms with E-state index in [0.717, 1.165) is 19.3 Å². The molecule has 1 aliphatic carbocycles. The topological polar surface area (TPSA) is 40.5 Å². The Balaban J connectivity index is 2.41. The maximum Gasteiger partial charge on any atom is 0.0827 e. The predicted molar refractivity (Wildman–Crippen MR) is 35.0 cm³/mol. The van der Waals surface area contributed by atoms with Gasteiger partial charge in [0, 0.05) is 0 Å². The van der Waals surface area contributed by atoms with E-state index in [4.69, 9.17) is 5.11 Å². The van der Waals surface area contributed by atoms with E-state index in [9.17, 15) is 5.11 Å². The van der Waals surface area contributed by atoms with Crippen molar-refractivity contribution in [3.8, 4) is 0 Å². The van der Waals surface area contributed by atoms with Crippen molar-refractivity contribution in [2.75, 3.05) is 0 Å². The second-order valence-electron chi connectivity index (χ2n) is 2.80. The summed E-state index contributed by atoms with van der Waals surface area (Å²) in [5.74, 6) is 0.347. The summed E-state index contributed by atoms with van der Waals surface area (Å²) in [6, 6.07) is 0.